The second-order valence-corrected chi connectivity index (χ2v) is 6.22. The molecule has 0 aliphatic rings. The van der Waals surface area contributed by atoms with Gasteiger partial charge >= 0.3 is 0 Å². The molecule has 6 nitrogen and oxygen atoms in total. The predicted molar refractivity (Wildman–Crippen MR) is 114 cm³/mol. The largest absolute Gasteiger partial charge is 0.496 e. The molecule has 0 aromatic heterocycles. The number of hydrogen-bond donors (Lipinski definition) is 2. The third kappa shape index (κ3) is 9.52. The standard InChI is InChI=1S/C18H30N4O2.HI/c1-14(2)12-20-18(21-13-17(23)22(3)4)19-11-10-15-8-6-7-9-16(15)24-5;/h6-9,14H,10-13H2,1-5H3,(H2,19,20,21);1H. The van der Waals surface area contributed by atoms with Crippen LogP contribution in [0.5, 0.6) is 5.75 Å². The molecule has 0 fully saturated rings. The van der Waals surface area contributed by atoms with E-state index in [4.69, 9.17) is 4.74 Å². The second kappa shape index (κ2) is 12.8. The summed E-state index contributed by atoms with van der Waals surface area (Å²) in [5.41, 5.74) is 1.14. The van der Waals surface area contributed by atoms with Crippen molar-refractivity contribution >= 4 is 35.8 Å². The van der Waals surface area contributed by atoms with Gasteiger partial charge in [-0.3, -0.25) is 4.79 Å². The van der Waals surface area contributed by atoms with Crippen LogP contribution in [0, 0.1) is 5.92 Å². The first-order chi connectivity index (χ1) is 11.4. The van der Waals surface area contributed by atoms with Crippen LogP contribution in [0.1, 0.15) is 19.4 Å². The van der Waals surface area contributed by atoms with E-state index >= 15 is 0 Å². The average molecular weight is 462 g/mol. The molecule has 0 unspecified atom stereocenters. The van der Waals surface area contributed by atoms with Crippen molar-refractivity contribution in [3.63, 3.8) is 0 Å². The van der Waals surface area contributed by atoms with Crippen molar-refractivity contribution in [3.8, 4) is 5.75 Å². The molecular weight excluding hydrogens is 431 g/mol. The van der Waals surface area contributed by atoms with Crippen molar-refractivity contribution in [1.82, 2.24) is 15.5 Å². The summed E-state index contributed by atoms with van der Waals surface area (Å²) in [6.45, 7) is 5.90. The fraction of sp³-hybridized carbons (Fsp3) is 0.556. The zero-order valence-electron chi connectivity index (χ0n) is 15.8. The number of aliphatic imine (C=N–C) groups is 1. The number of nitrogens with zero attached hydrogens (tertiary/aromatic N) is 2. The lowest BCUT2D eigenvalue weighted by Gasteiger charge is -2.15. The average Bonchev–Trinajstić information content (AvgIpc) is 2.56. The van der Waals surface area contributed by atoms with Gasteiger partial charge < -0.3 is 20.3 Å². The van der Waals surface area contributed by atoms with Crippen molar-refractivity contribution in [1.29, 1.82) is 0 Å². The zero-order chi connectivity index (χ0) is 17.9. The van der Waals surface area contributed by atoms with Crippen molar-refractivity contribution in [2.24, 2.45) is 10.9 Å². The van der Waals surface area contributed by atoms with Gasteiger partial charge in [0.1, 0.15) is 12.3 Å². The number of nitrogens with one attached hydrogen (secondary N) is 2. The first-order valence-corrected chi connectivity index (χ1v) is 8.28. The zero-order valence-corrected chi connectivity index (χ0v) is 18.2. The third-order valence-corrected chi connectivity index (χ3v) is 3.43. The molecule has 0 bridgehead atoms. The number of halogens is 1. The number of likely N-dealkylation sites (N-methyl/N-ethyl adjacent to an activating group) is 1. The van der Waals surface area contributed by atoms with Crippen LogP contribution < -0.4 is 15.4 Å². The van der Waals surface area contributed by atoms with Gasteiger partial charge in [-0.1, -0.05) is 32.0 Å². The molecule has 0 spiro atoms. The molecule has 0 aliphatic carbocycles. The van der Waals surface area contributed by atoms with E-state index in [-0.39, 0.29) is 36.4 Å². The Bertz CT molecular complexity index is 548. The van der Waals surface area contributed by atoms with E-state index in [1.54, 1.807) is 26.1 Å². The highest BCUT2D eigenvalue weighted by Gasteiger charge is 2.06. The molecule has 0 saturated carbocycles. The number of para-hydroxylation sites is 1. The molecule has 0 heterocycles. The van der Waals surface area contributed by atoms with Crippen LogP contribution in [-0.2, 0) is 11.2 Å². The topological polar surface area (TPSA) is 66.0 Å². The second-order valence-electron chi connectivity index (χ2n) is 6.22. The van der Waals surface area contributed by atoms with E-state index in [0.717, 1.165) is 24.3 Å². The normalized spacial score (nSPS) is 10.9. The van der Waals surface area contributed by atoms with Gasteiger partial charge in [-0.15, -0.1) is 24.0 Å². The summed E-state index contributed by atoms with van der Waals surface area (Å²) in [7, 11) is 5.14. The number of rotatable bonds is 8. The van der Waals surface area contributed by atoms with Crippen LogP contribution in [0.15, 0.2) is 29.3 Å². The molecule has 2 N–H and O–H groups in total. The Morgan fingerprint density at radius 3 is 2.52 bits per heavy atom. The Balaban J connectivity index is 0.00000576. The fourth-order valence-electron chi connectivity index (χ4n) is 1.99. The number of carbonyl (C=O) groups is 1. The van der Waals surface area contributed by atoms with Gasteiger partial charge in [0.25, 0.3) is 0 Å². The molecular formula is C18H31IN4O2. The maximum Gasteiger partial charge on any atom is 0.243 e. The quantitative estimate of drug-likeness (QED) is 0.353. The number of hydrogen-bond acceptors (Lipinski definition) is 3. The molecule has 0 aliphatic heterocycles. The van der Waals surface area contributed by atoms with E-state index in [0.29, 0.717) is 18.4 Å². The molecule has 0 radical (unpaired) electrons. The summed E-state index contributed by atoms with van der Waals surface area (Å²) in [6.07, 6.45) is 0.814. The number of carbonyl (C=O) groups excluding carboxylic acids is 1. The van der Waals surface area contributed by atoms with Gasteiger partial charge in [-0.25, -0.2) is 4.99 Å². The van der Waals surface area contributed by atoms with Crippen molar-refractivity contribution in [2.75, 3.05) is 40.8 Å². The summed E-state index contributed by atoms with van der Waals surface area (Å²) in [4.78, 5) is 17.6. The van der Waals surface area contributed by atoms with E-state index in [1.807, 2.05) is 18.2 Å². The predicted octanol–water partition coefficient (Wildman–Crippen LogP) is 2.14. The Kier molecular flexibility index (Phi) is 12.0. The molecule has 25 heavy (non-hydrogen) atoms. The molecule has 0 atom stereocenters. The SMILES string of the molecule is COc1ccccc1CCNC(=NCC(=O)N(C)C)NCC(C)C.I. The van der Waals surface area contributed by atoms with Crippen molar-refractivity contribution in [2.45, 2.75) is 20.3 Å². The maximum absolute atomic E-state index is 11.7. The van der Waals surface area contributed by atoms with Gasteiger partial charge in [0.05, 0.1) is 7.11 Å². The van der Waals surface area contributed by atoms with Gasteiger partial charge in [-0.2, -0.15) is 0 Å². The lowest BCUT2D eigenvalue weighted by molar-refractivity contribution is -0.127. The summed E-state index contributed by atoms with van der Waals surface area (Å²) in [6, 6.07) is 7.96. The Morgan fingerprint density at radius 2 is 1.92 bits per heavy atom. The van der Waals surface area contributed by atoms with Crippen LogP contribution >= 0.6 is 24.0 Å². The van der Waals surface area contributed by atoms with Crippen LogP contribution in [0.25, 0.3) is 0 Å². The number of methoxy groups -OCH3 is 1. The Morgan fingerprint density at radius 1 is 1.24 bits per heavy atom. The number of amides is 1. The van der Waals surface area contributed by atoms with Crippen LogP contribution in [-0.4, -0.2) is 57.6 Å². The molecule has 1 aromatic rings. The summed E-state index contributed by atoms with van der Waals surface area (Å²) in [5, 5.41) is 6.55. The number of guanidine groups is 1. The minimum Gasteiger partial charge on any atom is -0.496 e. The first-order valence-electron chi connectivity index (χ1n) is 8.28. The lowest BCUT2D eigenvalue weighted by Crippen LogP contribution is -2.41. The summed E-state index contributed by atoms with van der Waals surface area (Å²) >= 11 is 0. The monoisotopic (exact) mass is 462 g/mol. The van der Waals surface area contributed by atoms with Gasteiger partial charge in [0.2, 0.25) is 5.91 Å². The first kappa shape index (κ1) is 23.5. The van der Waals surface area contributed by atoms with Crippen LogP contribution in [0.3, 0.4) is 0 Å². The van der Waals surface area contributed by atoms with Gasteiger partial charge in [0, 0.05) is 27.2 Å². The van der Waals surface area contributed by atoms with Crippen LogP contribution in [0.4, 0.5) is 0 Å². The summed E-state index contributed by atoms with van der Waals surface area (Å²) in [5.74, 6) is 2.02. The molecule has 1 rings (SSSR count). The van der Waals surface area contributed by atoms with Crippen molar-refractivity contribution < 1.29 is 9.53 Å². The van der Waals surface area contributed by atoms with Crippen molar-refractivity contribution in [3.05, 3.63) is 29.8 Å². The molecule has 1 amide bonds. The molecule has 142 valence electrons. The minimum absolute atomic E-state index is 0. The fourth-order valence-corrected chi connectivity index (χ4v) is 1.99. The third-order valence-electron chi connectivity index (χ3n) is 3.43. The lowest BCUT2D eigenvalue weighted by atomic mass is 10.1. The highest BCUT2D eigenvalue weighted by Crippen LogP contribution is 2.17. The van der Waals surface area contributed by atoms with E-state index in [1.165, 1.54) is 0 Å². The van der Waals surface area contributed by atoms with E-state index in [2.05, 4.69) is 35.5 Å². The molecule has 7 heteroatoms. The van der Waals surface area contributed by atoms with Crippen LogP contribution in [0.2, 0.25) is 0 Å². The van der Waals surface area contributed by atoms with E-state index in [9.17, 15) is 4.79 Å². The Hall–Kier alpha value is -1.51. The highest BCUT2D eigenvalue weighted by atomic mass is 127. The minimum atomic E-state index is -0.0228. The number of ether oxygens (including phenoxy) is 1. The number of benzene rings is 1. The maximum atomic E-state index is 11.7. The highest BCUT2D eigenvalue weighted by molar-refractivity contribution is 14.0. The van der Waals surface area contributed by atoms with Gasteiger partial charge in [0.15, 0.2) is 5.96 Å². The van der Waals surface area contributed by atoms with E-state index < -0.39 is 0 Å². The molecule has 1 aromatic carbocycles. The van der Waals surface area contributed by atoms with Gasteiger partial charge in [-0.05, 0) is 24.0 Å². The molecule has 0 saturated heterocycles. The Labute approximate surface area is 168 Å². The smallest absolute Gasteiger partial charge is 0.243 e. The summed E-state index contributed by atoms with van der Waals surface area (Å²) < 4.78 is 5.36.